The summed E-state index contributed by atoms with van der Waals surface area (Å²) in [6.07, 6.45) is 3.03. The summed E-state index contributed by atoms with van der Waals surface area (Å²) in [6.45, 7) is 3.02. The zero-order valence-corrected chi connectivity index (χ0v) is 12.4. The maximum Gasteiger partial charge on any atom is 0.112 e. The van der Waals surface area contributed by atoms with Crippen LogP contribution in [-0.4, -0.2) is 23.0 Å². The second-order valence-electron chi connectivity index (χ2n) is 5.45. The highest BCUT2D eigenvalue weighted by atomic mass is 35.5. The Kier molecular flexibility index (Phi) is 3.08. The van der Waals surface area contributed by atoms with E-state index in [0.717, 1.165) is 35.9 Å². The summed E-state index contributed by atoms with van der Waals surface area (Å²) in [5, 5.41) is 4.31. The summed E-state index contributed by atoms with van der Waals surface area (Å²) in [5.74, 6) is 1.19. The minimum absolute atomic E-state index is 0.756. The fourth-order valence-corrected chi connectivity index (χ4v) is 3.32. The van der Waals surface area contributed by atoms with Gasteiger partial charge in [0.25, 0.3) is 0 Å². The molecule has 1 N–H and O–H groups in total. The highest BCUT2D eigenvalue weighted by molar-refractivity contribution is 6.30. The van der Waals surface area contributed by atoms with E-state index in [4.69, 9.17) is 11.6 Å². The highest BCUT2D eigenvalue weighted by Crippen LogP contribution is 2.35. The van der Waals surface area contributed by atoms with Crippen LogP contribution < -0.4 is 5.32 Å². The second-order valence-corrected chi connectivity index (χ2v) is 5.88. The van der Waals surface area contributed by atoms with Gasteiger partial charge in [-0.05, 0) is 35.7 Å². The monoisotopic (exact) mass is 297 g/mol. The maximum atomic E-state index is 6.19. The third-order valence-corrected chi connectivity index (χ3v) is 4.29. The van der Waals surface area contributed by atoms with Crippen molar-refractivity contribution in [1.82, 2.24) is 15.2 Å². The van der Waals surface area contributed by atoms with Gasteiger partial charge < -0.3 is 10.2 Å². The van der Waals surface area contributed by atoms with Gasteiger partial charge in [0.05, 0.1) is 5.69 Å². The Bertz CT molecular complexity index is 723. The molecule has 1 aromatic carbocycles. The minimum Gasteiger partial charge on any atom is -0.371 e. The van der Waals surface area contributed by atoms with Gasteiger partial charge in [0.15, 0.2) is 0 Å². The number of aromatic nitrogens is 1. The topological polar surface area (TPSA) is 28.2 Å². The molecule has 0 radical (unpaired) electrons. The van der Waals surface area contributed by atoms with Crippen LogP contribution in [0, 0.1) is 0 Å². The van der Waals surface area contributed by atoms with E-state index >= 15 is 0 Å². The standard InChI is InChI=1S/C17H16ClN3/c18-14-6-1-4-12(10-14)15-16-13(5-2-7-19-16)11-21-9-3-8-20-17(15)21/h1-2,4-7,10,20H,3,8-9,11H2. The molecule has 2 aliphatic heterocycles. The first kappa shape index (κ1) is 12.7. The number of pyridine rings is 1. The fourth-order valence-electron chi connectivity index (χ4n) is 3.13. The van der Waals surface area contributed by atoms with Crippen molar-refractivity contribution in [3.8, 4) is 0 Å². The third kappa shape index (κ3) is 2.18. The number of fused-ring (bicyclic) bond motifs is 2. The number of benzene rings is 1. The Hall–Kier alpha value is -2.00. The molecule has 21 heavy (non-hydrogen) atoms. The molecule has 0 saturated carbocycles. The van der Waals surface area contributed by atoms with E-state index in [1.54, 1.807) is 0 Å². The van der Waals surface area contributed by atoms with Crippen LogP contribution in [0.2, 0.25) is 5.02 Å². The van der Waals surface area contributed by atoms with Crippen LogP contribution in [0.1, 0.15) is 23.2 Å². The van der Waals surface area contributed by atoms with Crippen LogP contribution in [0.25, 0.3) is 5.57 Å². The molecule has 1 aromatic heterocycles. The lowest BCUT2D eigenvalue weighted by molar-refractivity contribution is 0.270. The van der Waals surface area contributed by atoms with Gasteiger partial charge in [0.1, 0.15) is 5.82 Å². The molecule has 1 saturated heterocycles. The summed E-state index contributed by atoms with van der Waals surface area (Å²) in [5.41, 5.74) is 4.64. The van der Waals surface area contributed by atoms with Crippen molar-refractivity contribution in [2.24, 2.45) is 0 Å². The van der Waals surface area contributed by atoms with Crippen LogP contribution in [0.5, 0.6) is 0 Å². The molecule has 0 unspecified atom stereocenters. The Morgan fingerprint density at radius 3 is 3.05 bits per heavy atom. The Morgan fingerprint density at radius 1 is 1.19 bits per heavy atom. The van der Waals surface area contributed by atoms with E-state index in [1.807, 2.05) is 30.5 Å². The molecular formula is C17H16ClN3. The number of nitrogens with zero attached hydrogens (tertiary/aromatic N) is 2. The number of nitrogens with one attached hydrogen (secondary N) is 1. The van der Waals surface area contributed by atoms with Gasteiger partial charge in [-0.15, -0.1) is 0 Å². The van der Waals surface area contributed by atoms with Gasteiger partial charge in [-0.2, -0.15) is 0 Å². The van der Waals surface area contributed by atoms with Crippen molar-refractivity contribution in [3.63, 3.8) is 0 Å². The lowest BCUT2D eigenvalue weighted by Gasteiger charge is -2.38. The molecule has 2 aromatic rings. The van der Waals surface area contributed by atoms with Crippen LogP contribution >= 0.6 is 11.6 Å². The molecule has 1 fully saturated rings. The number of hydrogen-bond donors (Lipinski definition) is 1. The quantitative estimate of drug-likeness (QED) is 0.876. The molecule has 0 atom stereocenters. The van der Waals surface area contributed by atoms with Crippen molar-refractivity contribution in [3.05, 3.63) is 70.3 Å². The number of rotatable bonds is 1. The van der Waals surface area contributed by atoms with Crippen LogP contribution in [-0.2, 0) is 6.54 Å². The molecular weight excluding hydrogens is 282 g/mol. The second kappa shape index (κ2) is 5.08. The van der Waals surface area contributed by atoms with Crippen molar-refractivity contribution in [2.75, 3.05) is 13.1 Å². The van der Waals surface area contributed by atoms with Crippen LogP contribution in [0.4, 0.5) is 0 Å². The maximum absolute atomic E-state index is 6.19. The Labute approximate surface area is 129 Å². The van der Waals surface area contributed by atoms with Gasteiger partial charge in [-0.3, -0.25) is 4.98 Å². The van der Waals surface area contributed by atoms with Crippen LogP contribution in [0.15, 0.2) is 48.4 Å². The number of halogens is 1. The number of hydrogen-bond acceptors (Lipinski definition) is 3. The summed E-state index contributed by atoms with van der Waals surface area (Å²) >= 11 is 6.19. The van der Waals surface area contributed by atoms with Crippen molar-refractivity contribution >= 4 is 17.2 Å². The molecule has 3 heterocycles. The van der Waals surface area contributed by atoms with E-state index in [1.165, 1.54) is 23.4 Å². The average molecular weight is 298 g/mol. The summed E-state index contributed by atoms with van der Waals surface area (Å²) in [7, 11) is 0. The van der Waals surface area contributed by atoms with Crippen molar-refractivity contribution in [1.29, 1.82) is 0 Å². The van der Waals surface area contributed by atoms with Crippen molar-refractivity contribution < 1.29 is 0 Å². The molecule has 0 amide bonds. The van der Waals surface area contributed by atoms with Gasteiger partial charge >= 0.3 is 0 Å². The largest absolute Gasteiger partial charge is 0.371 e. The lowest BCUT2D eigenvalue weighted by Crippen LogP contribution is -2.42. The first-order valence-corrected chi connectivity index (χ1v) is 7.64. The molecule has 4 rings (SSSR count). The van der Waals surface area contributed by atoms with Gasteiger partial charge in [0.2, 0.25) is 0 Å². The van der Waals surface area contributed by atoms with Gasteiger partial charge in [-0.1, -0.05) is 29.8 Å². The predicted molar refractivity (Wildman–Crippen MR) is 84.7 cm³/mol. The lowest BCUT2D eigenvalue weighted by atomic mass is 9.94. The zero-order valence-electron chi connectivity index (χ0n) is 11.6. The minimum atomic E-state index is 0.756. The SMILES string of the molecule is Clc1cccc(C2=C3NCCCN3Cc3cccnc32)c1. The fraction of sp³-hybridized carbons (Fsp3) is 0.235. The average Bonchev–Trinajstić information content (AvgIpc) is 2.52. The van der Waals surface area contributed by atoms with Gasteiger partial charge in [-0.25, -0.2) is 0 Å². The van der Waals surface area contributed by atoms with E-state index in [9.17, 15) is 0 Å². The van der Waals surface area contributed by atoms with E-state index in [0.29, 0.717) is 0 Å². The molecule has 106 valence electrons. The normalized spacial score (nSPS) is 17.1. The smallest absolute Gasteiger partial charge is 0.112 e. The predicted octanol–water partition coefficient (Wildman–Crippen LogP) is 3.26. The molecule has 0 bridgehead atoms. The summed E-state index contributed by atoms with van der Waals surface area (Å²) in [4.78, 5) is 7.04. The van der Waals surface area contributed by atoms with E-state index < -0.39 is 0 Å². The Balaban J connectivity index is 1.95. The molecule has 2 aliphatic rings. The molecule has 4 heteroatoms. The molecule has 3 nitrogen and oxygen atoms in total. The Morgan fingerprint density at radius 2 is 2.14 bits per heavy atom. The highest BCUT2D eigenvalue weighted by Gasteiger charge is 2.28. The van der Waals surface area contributed by atoms with Crippen molar-refractivity contribution in [2.45, 2.75) is 13.0 Å². The third-order valence-electron chi connectivity index (χ3n) is 4.05. The molecule has 0 aliphatic carbocycles. The van der Waals surface area contributed by atoms with Crippen LogP contribution in [0.3, 0.4) is 0 Å². The first-order chi connectivity index (χ1) is 10.3. The van der Waals surface area contributed by atoms with E-state index in [-0.39, 0.29) is 0 Å². The van der Waals surface area contributed by atoms with Gasteiger partial charge in [0, 0.05) is 36.4 Å². The summed E-state index contributed by atoms with van der Waals surface area (Å²) < 4.78 is 0. The van der Waals surface area contributed by atoms with E-state index in [2.05, 4.69) is 27.3 Å². The first-order valence-electron chi connectivity index (χ1n) is 7.26. The molecule has 0 spiro atoms. The zero-order chi connectivity index (χ0) is 14.2. The summed E-state index contributed by atoms with van der Waals surface area (Å²) in [6, 6.07) is 12.2.